The van der Waals surface area contributed by atoms with E-state index in [2.05, 4.69) is 50.8 Å². The van der Waals surface area contributed by atoms with E-state index in [1.807, 2.05) is 18.2 Å². The first-order chi connectivity index (χ1) is 12.3. The third-order valence-corrected chi connectivity index (χ3v) is 4.57. The summed E-state index contributed by atoms with van der Waals surface area (Å²) in [6, 6.07) is 12.4. The van der Waals surface area contributed by atoms with Crippen molar-refractivity contribution in [1.29, 1.82) is 0 Å². The smallest absolute Gasteiger partial charge is 0.191 e. The number of guanidine groups is 1. The van der Waals surface area contributed by atoms with Crippen molar-refractivity contribution < 1.29 is 4.74 Å². The van der Waals surface area contributed by atoms with Crippen molar-refractivity contribution in [2.45, 2.75) is 44.9 Å². The lowest BCUT2D eigenvalue weighted by molar-refractivity contribution is 0.208. The van der Waals surface area contributed by atoms with E-state index >= 15 is 0 Å². The molecular weight excluding hydrogens is 439 g/mol. The summed E-state index contributed by atoms with van der Waals surface area (Å²) in [4.78, 5) is 4.30. The van der Waals surface area contributed by atoms with Gasteiger partial charge in [0.2, 0.25) is 0 Å². The molecule has 1 saturated carbocycles. The van der Waals surface area contributed by atoms with E-state index < -0.39 is 0 Å². The van der Waals surface area contributed by atoms with Crippen LogP contribution in [0.15, 0.2) is 53.8 Å². The number of halogens is 1. The molecule has 0 spiro atoms. The standard InChI is InChI=1S/C20H28N4O.HI/c1-21-20(22-12-15-24-13-6-7-14-24)23-16-17-8-2-5-11-19(17)25-18-9-3-4-10-18;/h2,5-8,11,13-14,18H,3-4,9-10,12,15-16H2,1H3,(H2,21,22,23);1H. The van der Waals surface area contributed by atoms with Gasteiger partial charge < -0.3 is 19.9 Å². The Hall–Kier alpha value is -1.70. The molecule has 6 heteroatoms. The average Bonchev–Trinajstić information content (AvgIpc) is 3.33. The quantitative estimate of drug-likeness (QED) is 0.370. The van der Waals surface area contributed by atoms with Gasteiger partial charge in [0.15, 0.2) is 5.96 Å². The molecule has 1 aromatic carbocycles. The Labute approximate surface area is 173 Å². The Bertz CT molecular complexity index is 666. The van der Waals surface area contributed by atoms with E-state index in [1.165, 1.54) is 31.2 Å². The van der Waals surface area contributed by atoms with Gasteiger partial charge in [-0.3, -0.25) is 4.99 Å². The third kappa shape index (κ3) is 6.23. The minimum absolute atomic E-state index is 0. The molecule has 0 amide bonds. The zero-order valence-electron chi connectivity index (χ0n) is 15.4. The van der Waals surface area contributed by atoms with Gasteiger partial charge in [-0.05, 0) is 43.9 Å². The molecule has 142 valence electrons. The minimum atomic E-state index is 0. The molecule has 0 unspecified atom stereocenters. The van der Waals surface area contributed by atoms with Gasteiger partial charge in [0, 0.05) is 44.6 Å². The highest BCUT2D eigenvalue weighted by Crippen LogP contribution is 2.26. The van der Waals surface area contributed by atoms with Crippen LogP contribution in [0.3, 0.4) is 0 Å². The maximum Gasteiger partial charge on any atom is 0.191 e. The number of rotatable bonds is 7. The van der Waals surface area contributed by atoms with Crippen LogP contribution in [0.2, 0.25) is 0 Å². The number of nitrogens with one attached hydrogen (secondary N) is 2. The topological polar surface area (TPSA) is 50.6 Å². The molecule has 1 aromatic heterocycles. The van der Waals surface area contributed by atoms with Gasteiger partial charge in [-0.25, -0.2) is 0 Å². The number of benzene rings is 1. The van der Waals surface area contributed by atoms with Gasteiger partial charge in [-0.15, -0.1) is 24.0 Å². The first-order valence-electron chi connectivity index (χ1n) is 9.15. The third-order valence-electron chi connectivity index (χ3n) is 4.57. The van der Waals surface area contributed by atoms with Crippen molar-refractivity contribution in [2.75, 3.05) is 13.6 Å². The molecule has 5 nitrogen and oxygen atoms in total. The first kappa shape index (κ1) is 20.6. The zero-order valence-corrected chi connectivity index (χ0v) is 17.7. The second kappa shape index (κ2) is 11.1. The van der Waals surface area contributed by atoms with Crippen LogP contribution in [0.4, 0.5) is 0 Å². The van der Waals surface area contributed by atoms with Crippen LogP contribution in [0, 0.1) is 0 Å². The van der Waals surface area contributed by atoms with Crippen LogP contribution in [0.1, 0.15) is 31.2 Å². The van der Waals surface area contributed by atoms with E-state index in [1.54, 1.807) is 7.05 Å². The van der Waals surface area contributed by atoms with Gasteiger partial charge in [0.1, 0.15) is 5.75 Å². The number of hydrogen-bond donors (Lipinski definition) is 2. The van der Waals surface area contributed by atoms with Crippen LogP contribution in [0.25, 0.3) is 0 Å². The SMILES string of the molecule is CN=C(NCCn1cccc1)NCc1ccccc1OC1CCCC1.I. The molecule has 1 fully saturated rings. The predicted molar refractivity (Wildman–Crippen MR) is 117 cm³/mol. The second-order valence-corrected chi connectivity index (χ2v) is 6.41. The normalized spacial score (nSPS) is 14.7. The van der Waals surface area contributed by atoms with E-state index in [9.17, 15) is 0 Å². The van der Waals surface area contributed by atoms with Crippen LogP contribution in [-0.4, -0.2) is 30.2 Å². The zero-order chi connectivity index (χ0) is 17.3. The van der Waals surface area contributed by atoms with Crippen molar-refractivity contribution in [2.24, 2.45) is 4.99 Å². The second-order valence-electron chi connectivity index (χ2n) is 6.41. The van der Waals surface area contributed by atoms with Crippen molar-refractivity contribution in [3.8, 4) is 5.75 Å². The molecule has 0 saturated heterocycles. The Morgan fingerprint density at radius 3 is 2.58 bits per heavy atom. The molecule has 1 aliphatic rings. The fourth-order valence-electron chi connectivity index (χ4n) is 3.17. The van der Waals surface area contributed by atoms with Gasteiger partial charge in [0.25, 0.3) is 0 Å². The highest BCUT2D eigenvalue weighted by Gasteiger charge is 2.17. The molecule has 3 rings (SSSR count). The molecule has 0 radical (unpaired) electrons. The van der Waals surface area contributed by atoms with E-state index in [-0.39, 0.29) is 24.0 Å². The van der Waals surface area contributed by atoms with E-state index in [0.717, 1.165) is 24.8 Å². The summed E-state index contributed by atoms with van der Waals surface area (Å²) >= 11 is 0. The lowest BCUT2D eigenvalue weighted by Gasteiger charge is -2.18. The summed E-state index contributed by atoms with van der Waals surface area (Å²) in [5.41, 5.74) is 1.17. The highest BCUT2D eigenvalue weighted by atomic mass is 127. The Morgan fingerprint density at radius 2 is 1.85 bits per heavy atom. The highest BCUT2D eigenvalue weighted by molar-refractivity contribution is 14.0. The number of para-hydroxylation sites is 1. The van der Waals surface area contributed by atoms with Crippen LogP contribution < -0.4 is 15.4 Å². The number of hydrogen-bond acceptors (Lipinski definition) is 2. The molecule has 2 aromatic rings. The molecular formula is C20H29IN4O. The maximum absolute atomic E-state index is 6.20. The number of aromatic nitrogens is 1. The number of ether oxygens (including phenoxy) is 1. The van der Waals surface area contributed by atoms with Crippen molar-refractivity contribution in [3.05, 3.63) is 54.4 Å². The van der Waals surface area contributed by atoms with E-state index in [0.29, 0.717) is 12.6 Å². The minimum Gasteiger partial charge on any atom is -0.490 e. The van der Waals surface area contributed by atoms with Gasteiger partial charge in [0.05, 0.1) is 6.10 Å². The monoisotopic (exact) mass is 468 g/mol. The summed E-state index contributed by atoms with van der Waals surface area (Å²) in [7, 11) is 1.80. The molecule has 0 aliphatic heterocycles. The number of aliphatic imine (C=N–C) groups is 1. The van der Waals surface area contributed by atoms with Crippen LogP contribution in [0.5, 0.6) is 5.75 Å². The van der Waals surface area contributed by atoms with Crippen molar-refractivity contribution in [3.63, 3.8) is 0 Å². The van der Waals surface area contributed by atoms with Gasteiger partial charge in [-0.2, -0.15) is 0 Å². The molecule has 0 atom stereocenters. The number of nitrogens with zero attached hydrogens (tertiary/aromatic N) is 2. The lowest BCUT2D eigenvalue weighted by atomic mass is 10.2. The van der Waals surface area contributed by atoms with E-state index in [4.69, 9.17) is 4.74 Å². The molecule has 1 aliphatic carbocycles. The lowest BCUT2D eigenvalue weighted by Crippen LogP contribution is -2.38. The first-order valence-corrected chi connectivity index (χ1v) is 9.15. The van der Waals surface area contributed by atoms with Gasteiger partial charge >= 0.3 is 0 Å². The summed E-state index contributed by atoms with van der Waals surface area (Å²) in [5.74, 6) is 1.80. The molecule has 0 bridgehead atoms. The summed E-state index contributed by atoms with van der Waals surface area (Å²) in [6.07, 6.45) is 9.41. The van der Waals surface area contributed by atoms with Crippen LogP contribution in [-0.2, 0) is 13.1 Å². The molecule has 1 heterocycles. The molecule has 2 N–H and O–H groups in total. The largest absolute Gasteiger partial charge is 0.490 e. The fourth-order valence-corrected chi connectivity index (χ4v) is 3.17. The Morgan fingerprint density at radius 1 is 1.12 bits per heavy atom. The summed E-state index contributed by atoms with van der Waals surface area (Å²) in [6.45, 7) is 2.44. The van der Waals surface area contributed by atoms with Crippen LogP contribution >= 0.6 is 24.0 Å². The Kier molecular flexibility index (Phi) is 8.80. The Balaban J connectivity index is 0.00000243. The van der Waals surface area contributed by atoms with Crippen molar-refractivity contribution >= 4 is 29.9 Å². The van der Waals surface area contributed by atoms with Gasteiger partial charge in [-0.1, -0.05) is 18.2 Å². The predicted octanol–water partition coefficient (Wildman–Crippen LogP) is 3.79. The van der Waals surface area contributed by atoms with Crippen molar-refractivity contribution in [1.82, 2.24) is 15.2 Å². The summed E-state index contributed by atoms with van der Waals surface area (Å²) < 4.78 is 8.34. The maximum atomic E-state index is 6.20. The fraction of sp³-hybridized carbons (Fsp3) is 0.450. The molecule has 26 heavy (non-hydrogen) atoms. The average molecular weight is 468 g/mol. The summed E-state index contributed by atoms with van der Waals surface area (Å²) in [5, 5.41) is 6.73.